The normalized spacial score (nSPS) is 13.5. The molecule has 0 aliphatic carbocycles. The fourth-order valence-corrected chi connectivity index (χ4v) is 3.46. The van der Waals surface area contributed by atoms with Crippen molar-refractivity contribution in [3.05, 3.63) is 70.8 Å². The lowest BCUT2D eigenvalue weighted by Crippen LogP contribution is -2.08. The Morgan fingerprint density at radius 3 is 2.00 bits per heavy atom. The lowest BCUT2D eigenvalue weighted by molar-refractivity contribution is 0.493. The second kappa shape index (κ2) is 11.2. The summed E-state index contributed by atoms with van der Waals surface area (Å²) in [7, 11) is 0. The van der Waals surface area contributed by atoms with E-state index in [0.717, 1.165) is 6.42 Å². The van der Waals surface area contributed by atoms with Crippen LogP contribution in [0.4, 0.5) is 0 Å². The van der Waals surface area contributed by atoms with E-state index >= 15 is 0 Å². The van der Waals surface area contributed by atoms with Crippen molar-refractivity contribution in [3.8, 4) is 0 Å². The summed E-state index contributed by atoms with van der Waals surface area (Å²) >= 11 is 0. The summed E-state index contributed by atoms with van der Waals surface area (Å²) in [6, 6.07) is 9.06. The van der Waals surface area contributed by atoms with Crippen molar-refractivity contribution < 1.29 is 0 Å². The first-order valence-corrected chi connectivity index (χ1v) is 10.3. The molecule has 144 valence electrons. The van der Waals surface area contributed by atoms with Gasteiger partial charge in [0.1, 0.15) is 0 Å². The molecular formula is C26H40. The molecule has 1 atom stereocenters. The van der Waals surface area contributed by atoms with E-state index in [1.807, 2.05) is 0 Å². The molecule has 0 bridgehead atoms. The number of hydrogen-bond donors (Lipinski definition) is 0. The topological polar surface area (TPSA) is 0 Å². The van der Waals surface area contributed by atoms with Crippen molar-refractivity contribution in [3.63, 3.8) is 0 Å². The fraction of sp³-hybridized carbons (Fsp3) is 0.538. The predicted molar refractivity (Wildman–Crippen MR) is 119 cm³/mol. The predicted octanol–water partition coefficient (Wildman–Crippen LogP) is 8.43. The smallest absolute Gasteiger partial charge is 0.0116 e. The van der Waals surface area contributed by atoms with Crippen molar-refractivity contribution in [2.75, 3.05) is 0 Å². The Morgan fingerprint density at radius 2 is 1.50 bits per heavy atom. The standard InChI is InChI=1S/C26H40/c1-19(2)13-9-10-14-23(21(5)6)18-24(17-20(3)4)26-16-12-11-15-25(26)22(7)8/h9-16,19-20,22,24H,17-18H2,1-8H3/b13-9-,14-10-. The first kappa shape index (κ1) is 22.5. The Morgan fingerprint density at radius 1 is 0.885 bits per heavy atom. The fourth-order valence-electron chi connectivity index (χ4n) is 3.46. The second-order valence-electron chi connectivity index (χ2n) is 8.83. The quantitative estimate of drug-likeness (QED) is 0.391. The van der Waals surface area contributed by atoms with Gasteiger partial charge >= 0.3 is 0 Å². The Labute approximate surface area is 163 Å². The van der Waals surface area contributed by atoms with E-state index in [9.17, 15) is 0 Å². The molecule has 0 aliphatic heterocycles. The minimum absolute atomic E-state index is 0.570. The molecule has 0 spiro atoms. The molecule has 1 aromatic rings. The van der Waals surface area contributed by atoms with Gasteiger partial charge in [-0.25, -0.2) is 0 Å². The van der Waals surface area contributed by atoms with Gasteiger partial charge in [0.2, 0.25) is 0 Å². The summed E-state index contributed by atoms with van der Waals surface area (Å²) in [5.74, 6) is 2.45. The molecule has 0 aliphatic rings. The molecule has 0 radical (unpaired) electrons. The molecule has 0 N–H and O–H groups in total. The lowest BCUT2D eigenvalue weighted by atomic mass is 9.80. The van der Waals surface area contributed by atoms with Gasteiger partial charge in [-0.3, -0.25) is 0 Å². The second-order valence-corrected chi connectivity index (χ2v) is 8.83. The Hall–Kier alpha value is -1.56. The van der Waals surface area contributed by atoms with Crippen molar-refractivity contribution in [2.45, 2.75) is 80.1 Å². The van der Waals surface area contributed by atoms with E-state index < -0.39 is 0 Å². The molecule has 0 saturated heterocycles. The maximum absolute atomic E-state index is 2.35. The molecule has 1 rings (SSSR count). The zero-order chi connectivity index (χ0) is 19.7. The average molecular weight is 353 g/mol. The number of rotatable bonds is 9. The zero-order valence-corrected chi connectivity index (χ0v) is 18.3. The molecule has 0 aromatic heterocycles. The molecule has 0 nitrogen and oxygen atoms in total. The van der Waals surface area contributed by atoms with Crippen LogP contribution in [0.25, 0.3) is 0 Å². The molecule has 0 heterocycles. The molecule has 1 unspecified atom stereocenters. The minimum Gasteiger partial charge on any atom is -0.0820 e. The van der Waals surface area contributed by atoms with Crippen LogP contribution in [0.1, 0.15) is 91.2 Å². The molecule has 1 aromatic carbocycles. The van der Waals surface area contributed by atoms with Crippen molar-refractivity contribution in [1.82, 2.24) is 0 Å². The molecule has 26 heavy (non-hydrogen) atoms. The van der Waals surface area contributed by atoms with Crippen LogP contribution in [0.15, 0.2) is 59.7 Å². The highest BCUT2D eigenvalue weighted by molar-refractivity contribution is 5.36. The Balaban J connectivity index is 3.15. The third kappa shape index (κ3) is 7.77. The summed E-state index contributed by atoms with van der Waals surface area (Å²) in [6.07, 6.45) is 11.3. The van der Waals surface area contributed by atoms with Crippen LogP contribution in [0.3, 0.4) is 0 Å². The molecule has 0 saturated carbocycles. The van der Waals surface area contributed by atoms with Crippen molar-refractivity contribution in [1.29, 1.82) is 0 Å². The first-order chi connectivity index (χ1) is 12.2. The summed E-state index contributed by atoms with van der Waals surface area (Å²) in [5.41, 5.74) is 5.95. The van der Waals surface area contributed by atoms with Crippen LogP contribution in [0.2, 0.25) is 0 Å². The molecule has 0 fully saturated rings. The number of hydrogen-bond acceptors (Lipinski definition) is 0. The SMILES string of the molecule is CC(C)=C(/C=C\C=C/C(C)C)CC(CC(C)C)c1ccccc1C(C)C. The van der Waals surface area contributed by atoms with Gasteiger partial charge < -0.3 is 0 Å². The van der Waals surface area contributed by atoms with E-state index in [-0.39, 0.29) is 0 Å². The van der Waals surface area contributed by atoms with Gasteiger partial charge in [-0.2, -0.15) is 0 Å². The van der Waals surface area contributed by atoms with Crippen LogP contribution < -0.4 is 0 Å². The first-order valence-electron chi connectivity index (χ1n) is 10.3. The van der Waals surface area contributed by atoms with E-state index in [4.69, 9.17) is 0 Å². The number of benzene rings is 1. The summed E-state index contributed by atoms with van der Waals surface area (Å²) in [4.78, 5) is 0. The Bertz CT molecular complexity index is 619. The highest BCUT2D eigenvalue weighted by Crippen LogP contribution is 2.36. The third-order valence-electron chi connectivity index (χ3n) is 4.83. The van der Waals surface area contributed by atoms with Crippen LogP contribution in [-0.4, -0.2) is 0 Å². The van der Waals surface area contributed by atoms with Gasteiger partial charge in [-0.15, -0.1) is 0 Å². The monoisotopic (exact) mass is 352 g/mol. The van der Waals surface area contributed by atoms with E-state index in [2.05, 4.69) is 104 Å². The van der Waals surface area contributed by atoms with E-state index in [1.54, 1.807) is 5.56 Å². The zero-order valence-electron chi connectivity index (χ0n) is 18.3. The van der Waals surface area contributed by atoms with Crippen molar-refractivity contribution in [2.24, 2.45) is 11.8 Å². The Kier molecular flexibility index (Phi) is 9.70. The third-order valence-corrected chi connectivity index (χ3v) is 4.83. The van der Waals surface area contributed by atoms with Gasteiger partial charge in [0, 0.05) is 0 Å². The summed E-state index contributed by atoms with van der Waals surface area (Å²) < 4.78 is 0. The summed E-state index contributed by atoms with van der Waals surface area (Å²) in [6.45, 7) is 18.2. The van der Waals surface area contributed by atoms with E-state index in [0.29, 0.717) is 23.7 Å². The van der Waals surface area contributed by atoms with Crippen LogP contribution in [0.5, 0.6) is 0 Å². The van der Waals surface area contributed by atoms with Crippen LogP contribution >= 0.6 is 0 Å². The van der Waals surface area contributed by atoms with Gasteiger partial charge in [-0.1, -0.05) is 95.7 Å². The van der Waals surface area contributed by atoms with Gasteiger partial charge in [-0.05, 0) is 67.1 Å². The molecule has 0 amide bonds. The minimum atomic E-state index is 0.570. The largest absolute Gasteiger partial charge is 0.0820 e. The van der Waals surface area contributed by atoms with Crippen molar-refractivity contribution >= 4 is 0 Å². The number of allylic oxidation sites excluding steroid dienone is 6. The summed E-state index contributed by atoms with van der Waals surface area (Å²) in [5, 5.41) is 0. The maximum Gasteiger partial charge on any atom is -0.0116 e. The maximum atomic E-state index is 2.35. The molecule has 0 heteroatoms. The van der Waals surface area contributed by atoms with Crippen LogP contribution in [-0.2, 0) is 0 Å². The highest BCUT2D eigenvalue weighted by Gasteiger charge is 2.19. The van der Waals surface area contributed by atoms with Gasteiger partial charge in [0.15, 0.2) is 0 Å². The van der Waals surface area contributed by atoms with Gasteiger partial charge in [0.05, 0.1) is 0 Å². The molecular weight excluding hydrogens is 312 g/mol. The van der Waals surface area contributed by atoms with Crippen LogP contribution in [0, 0.1) is 11.8 Å². The average Bonchev–Trinajstić information content (AvgIpc) is 2.55. The van der Waals surface area contributed by atoms with E-state index in [1.165, 1.54) is 23.1 Å². The lowest BCUT2D eigenvalue weighted by Gasteiger charge is -2.25. The highest BCUT2D eigenvalue weighted by atomic mass is 14.2. The van der Waals surface area contributed by atoms with Gasteiger partial charge in [0.25, 0.3) is 0 Å².